The summed E-state index contributed by atoms with van der Waals surface area (Å²) < 4.78 is 27.9. The quantitative estimate of drug-likeness (QED) is 0.796. The molecule has 2 aromatic rings. The minimum atomic E-state index is -3.42. The maximum absolute atomic E-state index is 11.0. The van der Waals surface area contributed by atoms with Crippen molar-refractivity contribution >= 4 is 31.7 Å². The van der Waals surface area contributed by atoms with Crippen molar-refractivity contribution in [3.05, 3.63) is 28.8 Å². The van der Waals surface area contributed by atoms with E-state index in [1.54, 1.807) is 0 Å². The number of fused-ring (bicyclic) bond motifs is 1. The summed E-state index contributed by atoms with van der Waals surface area (Å²) in [7, 11) is -3.42. The molecule has 1 aromatic heterocycles. The third kappa shape index (κ3) is 3.99. The lowest BCUT2D eigenvalue weighted by Gasteiger charge is -2.04. The maximum atomic E-state index is 11.0. The van der Waals surface area contributed by atoms with Crippen LogP contribution in [0.5, 0.6) is 0 Å². The smallest absolute Gasteiger partial charge is 0.263 e. The molecule has 0 radical (unpaired) electrons. The first-order valence-corrected chi connectivity index (χ1v) is 8.70. The minimum absolute atomic E-state index is 0.0132. The zero-order chi connectivity index (χ0) is 14.0. The average Bonchev–Trinajstić information content (AvgIpc) is 2.69. The molecular formula is C13H17NO3S2. The molecule has 2 rings (SSSR count). The molecule has 4 nitrogen and oxygen atoms in total. The van der Waals surface area contributed by atoms with Gasteiger partial charge in [-0.2, -0.15) is 8.42 Å². The van der Waals surface area contributed by atoms with Gasteiger partial charge in [0.25, 0.3) is 10.1 Å². The minimum Gasteiger partial charge on any atom is -0.263 e. The van der Waals surface area contributed by atoms with Gasteiger partial charge in [0, 0.05) is 0 Å². The molecule has 0 aliphatic rings. The van der Waals surface area contributed by atoms with Crippen molar-refractivity contribution in [2.24, 2.45) is 5.92 Å². The first kappa shape index (κ1) is 14.4. The zero-order valence-corrected chi connectivity index (χ0v) is 12.8. The van der Waals surface area contributed by atoms with E-state index in [1.165, 1.54) is 16.9 Å². The SMILES string of the molecule is CC(C)Cc1cccc2nc(COS(C)(=O)=O)sc12. The van der Waals surface area contributed by atoms with Gasteiger partial charge in [-0.25, -0.2) is 4.98 Å². The molecule has 1 aromatic carbocycles. The van der Waals surface area contributed by atoms with Crippen molar-refractivity contribution < 1.29 is 12.6 Å². The Hall–Kier alpha value is -0.980. The Kier molecular flexibility index (Phi) is 4.23. The molecule has 19 heavy (non-hydrogen) atoms. The Morgan fingerprint density at radius 1 is 1.37 bits per heavy atom. The van der Waals surface area contributed by atoms with Crippen LogP contribution in [-0.4, -0.2) is 19.7 Å². The number of rotatable bonds is 5. The summed E-state index contributed by atoms with van der Waals surface area (Å²) in [5.74, 6) is 0.573. The number of benzene rings is 1. The molecule has 104 valence electrons. The highest BCUT2D eigenvalue weighted by atomic mass is 32.2. The van der Waals surface area contributed by atoms with Crippen molar-refractivity contribution in [3.8, 4) is 0 Å². The Bertz CT molecular complexity index is 674. The summed E-state index contributed by atoms with van der Waals surface area (Å²) in [4.78, 5) is 4.41. The van der Waals surface area contributed by atoms with E-state index >= 15 is 0 Å². The van der Waals surface area contributed by atoms with Gasteiger partial charge in [0.1, 0.15) is 11.6 Å². The average molecular weight is 299 g/mol. The second kappa shape index (κ2) is 5.56. The van der Waals surface area contributed by atoms with Gasteiger partial charge in [0.05, 0.1) is 16.5 Å². The van der Waals surface area contributed by atoms with Crippen LogP contribution in [0.15, 0.2) is 18.2 Å². The van der Waals surface area contributed by atoms with Crippen LogP contribution < -0.4 is 0 Å². The summed E-state index contributed by atoms with van der Waals surface area (Å²) in [5.41, 5.74) is 2.17. The third-order valence-electron chi connectivity index (χ3n) is 2.57. The standard InChI is InChI=1S/C13H17NO3S2/c1-9(2)7-10-5-4-6-11-13(10)18-12(14-11)8-17-19(3,15)16/h4-6,9H,7-8H2,1-3H3. The van der Waals surface area contributed by atoms with E-state index in [1.807, 2.05) is 12.1 Å². The molecule has 0 unspecified atom stereocenters. The van der Waals surface area contributed by atoms with Crippen LogP contribution >= 0.6 is 11.3 Å². The van der Waals surface area contributed by atoms with Gasteiger partial charge in [-0.3, -0.25) is 4.18 Å². The summed E-state index contributed by atoms with van der Waals surface area (Å²) >= 11 is 1.51. The van der Waals surface area contributed by atoms with Gasteiger partial charge in [-0.15, -0.1) is 11.3 Å². The van der Waals surface area contributed by atoms with E-state index in [-0.39, 0.29) is 6.61 Å². The fourth-order valence-corrected chi connectivity index (χ4v) is 3.27. The molecule has 1 heterocycles. The van der Waals surface area contributed by atoms with Gasteiger partial charge < -0.3 is 0 Å². The van der Waals surface area contributed by atoms with Crippen LogP contribution in [0.25, 0.3) is 10.2 Å². The third-order valence-corrected chi connectivity index (χ3v) is 4.23. The van der Waals surface area contributed by atoms with E-state index in [4.69, 9.17) is 4.18 Å². The molecular weight excluding hydrogens is 282 g/mol. The van der Waals surface area contributed by atoms with Crippen LogP contribution in [0.3, 0.4) is 0 Å². The summed E-state index contributed by atoms with van der Waals surface area (Å²) in [6, 6.07) is 6.03. The zero-order valence-electron chi connectivity index (χ0n) is 11.2. The van der Waals surface area contributed by atoms with E-state index < -0.39 is 10.1 Å². The lowest BCUT2D eigenvalue weighted by Crippen LogP contribution is -2.02. The predicted molar refractivity (Wildman–Crippen MR) is 77.8 cm³/mol. The number of nitrogens with zero attached hydrogens (tertiary/aromatic N) is 1. The summed E-state index contributed by atoms with van der Waals surface area (Å²) in [5, 5.41) is 0.691. The Morgan fingerprint density at radius 3 is 2.74 bits per heavy atom. The first-order valence-electron chi connectivity index (χ1n) is 6.07. The molecule has 0 spiro atoms. The highest BCUT2D eigenvalue weighted by Crippen LogP contribution is 2.28. The van der Waals surface area contributed by atoms with Crippen LogP contribution in [0.2, 0.25) is 0 Å². The van der Waals surface area contributed by atoms with Gasteiger partial charge in [0.15, 0.2) is 0 Å². The molecule has 0 aliphatic heterocycles. The van der Waals surface area contributed by atoms with Crippen LogP contribution in [0, 0.1) is 5.92 Å². The normalized spacial score (nSPS) is 12.4. The molecule has 0 saturated carbocycles. The molecule has 0 amide bonds. The van der Waals surface area contributed by atoms with Gasteiger partial charge >= 0.3 is 0 Å². The van der Waals surface area contributed by atoms with Crippen molar-refractivity contribution in [1.82, 2.24) is 4.98 Å². The largest absolute Gasteiger partial charge is 0.264 e. The molecule has 0 N–H and O–H groups in total. The number of hydrogen-bond donors (Lipinski definition) is 0. The highest BCUT2D eigenvalue weighted by molar-refractivity contribution is 7.85. The molecule has 0 atom stereocenters. The number of aromatic nitrogens is 1. The van der Waals surface area contributed by atoms with E-state index in [0.717, 1.165) is 22.9 Å². The molecule has 6 heteroatoms. The second-order valence-corrected chi connectivity index (χ2v) is 7.66. The number of hydrogen-bond acceptors (Lipinski definition) is 5. The Morgan fingerprint density at radius 2 is 2.11 bits per heavy atom. The Labute approximate surface area is 117 Å². The molecule has 0 saturated heterocycles. The molecule has 0 aliphatic carbocycles. The van der Waals surface area contributed by atoms with E-state index in [2.05, 4.69) is 24.9 Å². The van der Waals surface area contributed by atoms with Crippen molar-refractivity contribution in [2.45, 2.75) is 26.9 Å². The van der Waals surface area contributed by atoms with Crippen molar-refractivity contribution in [3.63, 3.8) is 0 Å². The predicted octanol–water partition coefficient (Wildman–Crippen LogP) is 2.97. The maximum Gasteiger partial charge on any atom is 0.264 e. The van der Waals surface area contributed by atoms with Crippen LogP contribution in [0.4, 0.5) is 0 Å². The Balaban J connectivity index is 2.29. The summed E-state index contributed by atoms with van der Waals surface area (Å²) in [6.45, 7) is 4.36. The molecule has 0 fully saturated rings. The fraction of sp³-hybridized carbons (Fsp3) is 0.462. The van der Waals surface area contributed by atoms with Crippen LogP contribution in [-0.2, 0) is 27.3 Å². The van der Waals surface area contributed by atoms with Gasteiger partial charge in [0.2, 0.25) is 0 Å². The topological polar surface area (TPSA) is 56.3 Å². The van der Waals surface area contributed by atoms with E-state index in [9.17, 15) is 8.42 Å². The van der Waals surface area contributed by atoms with Crippen molar-refractivity contribution in [1.29, 1.82) is 0 Å². The fourth-order valence-electron chi connectivity index (χ4n) is 1.87. The first-order chi connectivity index (χ1) is 8.85. The van der Waals surface area contributed by atoms with Crippen LogP contribution in [0.1, 0.15) is 24.4 Å². The van der Waals surface area contributed by atoms with E-state index in [0.29, 0.717) is 10.9 Å². The van der Waals surface area contributed by atoms with Crippen molar-refractivity contribution in [2.75, 3.05) is 6.26 Å². The molecule has 0 bridgehead atoms. The second-order valence-electron chi connectivity index (χ2n) is 4.94. The summed E-state index contributed by atoms with van der Waals surface area (Å²) in [6.07, 6.45) is 2.04. The highest BCUT2D eigenvalue weighted by Gasteiger charge is 2.11. The van der Waals surface area contributed by atoms with Gasteiger partial charge in [-0.1, -0.05) is 26.0 Å². The monoisotopic (exact) mass is 299 g/mol. The van der Waals surface area contributed by atoms with Gasteiger partial charge in [-0.05, 0) is 24.0 Å². The lowest BCUT2D eigenvalue weighted by molar-refractivity contribution is 0.311. The lowest BCUT2D eigenvalue weighted by atomic mass is 10.0. The number of thiazole rings is 1.